The highest BCUT2D eigenvalue weighted by Crippen LogP contribution is 2.45. The highest BCUT2D eigenvalue weighted by atomic mass is 14.8. The number of hydrogen-bond acceptors (Lipinski definition) is 1. The number of nitrogens with two attached hydrogens (primary N) is 1. The maximum atomic E-state index is 6.81. The van der Waals surface area contributed by atoms with Crippen molar-refractivity contribution in [3.8, 4) is 0 Å². The molecule has 0 aromatic carbocycles. The van der Waals surface area contributed by atoms with Gasteiger partial charge in [-0.15, -0.1) is 0 Å². The molecule has 2 N–H and O–H groups in total. The molecule has 2 aliphatic rings. The zero-order chi connectivity index (χ0) is 13.2. The van der Waals surface area contributed by atoms with Crippen molar-refractivity contribution in [3.63, 3.8) is 0 Å². The molecule has 0 amide bonds. The predicted molar refractivity (Wildman–Crippen MR) is 79.5 cm³/mol. The SMILES string of the molecule is CC(C)(C)C1CCC(N)(C2CCCCCC2)CC1. The van der Waals surface area contributed by atoms with Gasteiger partial charge in [0.15, 0.2) is 0 Å². The molecule has 0 aliphatic heterocycles. The molecule has 0 spiro atoms. The van der Waals surface area contributed by atoms with E-state index in [0.29, 0.717) is 5.41 Å². The van der Waals surface area contributed by atoms with Crippen LogP contribution in [0.4, 0.5) is 0 Å². The molecule has 18 heavy (non-hydrogen) atoms. The zero-order valence-electron chi connectivity index (χ0n) is 12.8. The molecule has 0 saturated heterocycles. The minimum atomic E-state index is 0.187. The van der Waals surface area contributed by atoms with E-state index in [2.05, 4.69) is 20.8 Å². The Morgan fingerprint density at radius 1 is 0.833 bits per heavy atom. The van der Waals surface area contributed by atoms with Gasteiger partial charge in [0.05, 0.1) is 0 Å². The van der Waals surface area contributed by atoms with E-state index in [1.807, 2.05) is 0 Å². The van der Waals surface area contributed by atoms with Crippen LogP contribution < -0.4 is 5.73 Å². The molecular weight excluding hydrogens is 218 g/mol. The van der Waals surface area contributed by atoms with Crippen LogP contribution in [0, 0.1) is 17.3 Å². The Hall–Kier alpha value is -0.0400. The molecule has 2 aliphatic carbocycles. The van der Waals surface area contributed by atoms with E-state index in [0.717, 1.165) is 11.8 Å². The van der Waals surface area contributed by atoms with E-state index < -0.39 is 0 Å². The van der Waals surface area contributed by atoms with Gasteiger partial charge in [0.25, 0.3) is 0 Å². The monoisotopic (exact) mass is 251 g/mol. The fraction of sp³-hybridized carbons (Fsp3) is 1.00. The molecule has 0 bridgehead atoms. The topological polar surface area (TPSA) is 26.0 Å². The first-order chi connectivity index (χ1) is 8.42. The predicted octanol–water partition coefficient (Wildman–Crippen LogP) is 4.89. The lowest BCUT2D eigenvalue weighted by molar-refractivity contribution is 0.0949. The van der Waals surface area contributed by atoms with E-state index >= 15 is 0 Å². The Labute approximate surface area is 114 Å². The quantitative estimate of drug-likeness (QED) is 0.660. The molecular formula is C17H33N. The molecule has 0 heterocycles. The van der Waals surface area contributed by atoms with Crippen molar-refractivity contribution in [1.82, 2.24) is 0 Å². The van der Waals surface area contributed by atoms with Crippen LogP contribution in [0.15, 0.2) is 0 Å². The molecule has 0 atom stereocenters. The van der Waals surface area contributed by atoms with Gasteiger partial charge >= 0.3 is 0 Å². The fourth-order valence-electron chi connectivity index (χ4n) is 4.28. The van der Waals surface area contributed by atoms with E-state index in [9.17, 15) is 0 Å². The third-order valence-electron chi connectivity index (χ3n) is 5.81. The van der Waals surface area contributed by atoms with Crippen LogP contribution in [0.3, 0.4) is 0 Å². The zero-order valence-corrected chi connectivity index (χ0v) is 12.8. The second-order valence-electron chi connectivity index (χ2n) is 8.06. The van der Waals surface area contributed by atoms with Crippen LogP contribution >= 0.6 is 0 Å². The van der Waals surface area contributed by atoms with E-state index in [1.165, 1.54) is 64.2 Å². The Morgan fingerprint density at radius 2 is 1.33 bits per heavy atom. The lowest BCUT2D eigenvalue weighted by Gasteiger charge is -2.46. The summed E-state index contributed by atoms with van der Waals surface area (Å²) in [6.07, 6.45) is 13.8. The summed E-state index contributed by atoms with van der Waals surface area (Å²) in [4.78, 5) is 0. The Bertz CT molecular complexity index is 247. The maximum absolute atomic E-state index is 6.81. The van der Waals surface area contributed by atoms with Crippen LogP contribution in [0.25, 0.3) is 0 Å². The summed E-state index contributed by atoms with van der Waals surface area (Å²) in [6.45, 7) is 7.19. The van der Waals surface area contributed by atoms with Crippen molar-refractivity contribution >= 4 is 0 Å². The molecule has 0 radical (unpaired) electrons. The largest absolute Gasteiger partial charge is 0.325 e. The molecule has 1 nitrogen and oxygen atoms in total. The van der Waals surface area contributed by atoms with Crippen molar-refractivity contribution in [2.24, 2.45) is 23.0 Å². The van der Waals surface area contributed by atoms with Gasteiger partial charge in [0, 0.05) is 5.54 Å². The highest BCUT2D eigenvalue weighted by Gasteiger charge is 2.40. The Balaban J connectivity index is 1.93. The number of hydrogen-bond donors (Lipinski definition) is 1. The fourth-order valence-corrected chi connectivity index (χ4v) is 4.28. The smallest absolute Gasteiger partial charge is 0.0183 e. The van der Waals surface area contributed by atoms with E-state index in [1.54, 1.807) is 0 Å². The molecule has 0 unspecified atom stereocenters. The van der Waals surface area contributed by atoms with Crippen LogP contribution in [-0.2, 0) is 0 Å². The molecule has 106 valence electrons. The third kappa shape index (κ3) is 3.29. The highest BCUT2D eigenvalue weighted by molar-refractivity contribution is 4.97. The first kappa shape index (κ1) is 14.4. The Kier molecular flexibility index (Phi) is 4.41. The van der Waals surface area contributed by atoms with E-state index in [-0.39, 0.29) is 5.54 Å². The standard InChI is InChI=1S/C17H33N/c1-16(2,3)14-10-12-17(18,13-11-14)15-8-6-4-5-7-9-15/h14-15H,4-13,18H2,1-3H3. The lowest BCUT2D eigenvalue weighted by atomic mass is 9.63. The van der Waals surface area contributed by atoms with Gasteiger partial charge in [0.1, 0.15) is 0 Å². The van der Waals surface area contributed by atoms with E-state index in [4.69, 9.17) is 5.73 Å². The molecule has 1 heteroatoms. The van der Waals surface area contributed by atoms with Gasteiger partial charge in [0.2, 0.25) is 0 Å². The molecule has 0 aromatic rings. The average Bonchev–Trinajstić information content (AvgIpc) is 2.57. The molecule has 0 aromatic heterocycles. The van der Waals surface area contributed by atoms with Gasteiger partial charge in [-0.05, 0) is 55.8 Å². The second-order valence-corrected chi connectivity index (χ2v) is 8.06. The van der Waals surface area contributed by atoms with Gasteiger partial charge in [-0.3, -0.25) is 0 Å². The van der Waals surface area contributed by atoms with Crippen molar-refractivity contribution in [2.75, 3.05) is 0 Å². The second kappa shape index (κ2) is 5.53. The molecule has 2 rings (SSSR count). The third-order valence-corrected chi connectivity index (χ3v) is 5.81. The molecule has 2 fully saturated rings. The van der Waals surface area contributed by atoms with Crippen LogP contribution in [0.2, 0.25) is 0 Å². The number of rotatable bonds is 1. The normalized spacial score (nSPS) is 36.3. The van der Waals surface area contributed by atoms with Crippen molar-refractivity contribution in [1.29, 1.82) is 0 Å². The summed E-state index contributed by atoms with van der Waals surface area (Å²) >= 11 is 0. The summed E-state index contributed by atoms with van der Waals surface area (Å²) < 4.78 is 0. The minimum Gasteiger partial charge on any atom is -0.325 e. The van der Waals surface area contributed by atoms with Gasteiger partial charge < -0.3 is 5.73 Å². The van der Waals surface area contributed by atoms with Crippen LogP contribution in [0.1, 0.15) is 85.0 Å². The maximum Gasteiger partial charge on any atom is 0.0183 e. The summed E-state index contributed by atoms with van der Waals surface area (Å²) in [6, 6.07) is 0. The van der Waals surface area contributed by atoms with Crippen LogP contribution in [-0.4, -0.2) is 5.54 Å². The summed E-state index contributed by atoms with van der Waals surface area (Å²) in [5.74, 6) is 1.71. The van der Waals surface area contributed by atoms with Crippen molar-refractivity contribution in [2.45, 2.75) is 90.5 Å². The van der Waals surface area contributed by atoms with Crippen molar-refractivity contribution in [3.05, 3.63) is 0 Å². The summed E-state index contributed by atoms with van der Waals surface area (Å²) in [5, 5.41) is 0. The minimum absolute atomic E-state index is 0.187. The Morgan fingerprint density at radius 3 is 1.78 bits per heavy atom. The van der Waals surface area contributed by atoms with Gasteiger partial charge in [-0.25, -0.2) is 0 Å². The molecule has 2 saturated carbocycles. The summed E-state index contributed by atoms with van der Waals surface area (Å²) in [5.41, 5.74) is 7.47. The van der Waals surface area contributed by atoms with Crippen LogP contribution in [0.5, 0.6) is 0 Å². The average molecular weight is 251 g/mol. The summed E-state index contributed by atoms with van der Waals surface area (Å²) in [7, 11) is 0. The van der Waals surface area contributed by atoms with Gasteiger partial charge in [-0.1, -0.05) is 46.5 Å². The first-order valence-electron chi connectivity index (χ1n) is 8.21. The lowest BCUT2D eigenvalue weighted by Crippen LogP contribution is -2.50. The van der Waals surface area contributed by atoms with Crippen molar-refractivity contribution < 1.29 is 0 Å². The van der Waals surface area contributed by atoms with Gasteiger partial charge in [-0.2, -0.15) is 0 Å². The first-order valence-corrected chi connectivity index (χ1v) is 8.21.